The van der Waals surface area contributed by atoms with Gasteiger partial charge < -0.3 is 15.3 Å². The van der Waals surface area contributed by atoms with Crippen LogP contribution < -0.4 is 5.32 Å². The van der Waals surface area contributed by atoms with E-state index < -0.39 is 5.97 Å². The third-order valence-corrected chi connectivity index (χ3v) is 2.41. The molecule has 0 aromatic heterocycles. The highest BCUT2D eigenvalue weighted by molar-refractivity contribution is 5.84. The van der Waals surface area contributed by atoms with Crippen molar-refractivity contribution in [3.05, 3.63) is 0 Å². The molecule has 18 heavy (non-hydrogen) atoms. The van der Waals surface area contributed by atoms with Crippen molar-refractivity contribution < 1.29 is 19.5 Å². The van der Waals surface area contributed by atoms with Crippen molar-refractivity contribution in [2.24, 2.45) is 0 Å². The first-order valence-corrected chi connectivity index (χ1v) is 6.19. The van der Waals surface area contributed by atoms with E-state index in [4.69, 9.17) is 5.11 Å². The molecule has 6 nitrogen and oxygen atoms in total. The Morgan fingerprint density at radius 3 is 2.33 bits per heavy atom. The Morgan fingerprint density at radius 2 is 1.78 bits per heavy atom. The Morgan fingerprint density at radius 1 is 1.17 bits per heavy atom. The number of rotatable bonds is 9. The van der Waals surface area contributed by atoms with E-state index in [9.17, 15) is 14.4 Å². The fourth-order valence-corrected chi connectivity index (χ4v) is 1.37. The minimum Gasteiger partial charge on any atom is -0.481 e. The Balaban J connectivity index is 3.75. The van der Waals surface area contributed by atoms with Crippen LogP contribution in [0.2, 0.25) is 0 Å². The van der Waals surface area contributed by atoms with Crippen molar-refractivity contribution in [2.75, 3.05) is 20.1 Å². The van der Waals surface area contributed by atoms with Crippen molar-refractivity contribution in [1.82, 2.24) is 10.2 Å². The Bertz CT molecular complexity index is 292. The average molecular weight is 258 g/mol. The number of hydrogen-bond acceptors (Lipinski definition) is 3. The fraction of sp³-hybridized carbons (Fsp3) is 0.750. The van der Waals surface area contributed by atoms with Crippen LogP contribution in [0.4, 0.5) is 0 Å². The Hall–Kier alpha value is -1.59. The number of amides is 2. The molecule has 2 N–H and O–H groups in total. The largest absolute Gasteiger partial charge is 0.481 e. The monoisotopic (exact) mass is 258 g/mol. The molecule has 0 atom stereocenters. The van der Waals surface area contributed by atoms with Gasteiger partial charge in [-0.3, -0.25) is 14.4 Å². The maximum atomic E-state index is 11.6. The van der Waals surface area contributed by atoms with Crippen LogP contribution in [0.25, 0.3) is 0 Å². The number of hydrogen-bond donors (Lipinski definition) is 2. The predicted octanol–water partition coefficient (Wildman–Crippen LogP) is 0.616. The van der Waals surface area contributed by atoms with Crippen molar-refractivity contribution >= 4 is 17.8 Å². The summed E-state index contributed by atoms with van der Waals surface area (Å²) in [6.07, 6.45) is 2.24. The first-order valence-electron chi connectivity index (χ1n) is 6.19. The number of carboxylic acids is 1. The molecule has 0 heterocycles. The molecule has 0 saturated heterocycles. The van der Waals surface area contributed by atoms with Gasteiger partial charge in [0.25, 0.3) is 0 Å². The molecule has 6 heteroatoms. The molecule has 0 aliphatic rings. The lowest BCUT2D eigenvalue weighted by molar-refractivity contribution is -0.137. The number of carbonyl (C=O) groups excluding carboxylic acids is 2. The second kappa shape index (κ2) is 9.44. The van der Waals surface area contributed by atoms with E-state index in [1.54, 1.807) is 7.05 Å². The quantitative estimate of drug-likeness (QED) is 0.593. The van der Waals surface area contributed by atoms with Crippen molar-refractivity contribution in [3.63, 3.8) is 0 Å². The van der Waals surface area contributed by atoms with Crippen molar-refractivity contribution in [2.45, 2.75) is 39.0 Å². The molecule has 0 spiro atoms. The summed E-state index contributed by atoms with van der Waals surface area (Å²) in [6.45, 7) is 2.62. The summed E-state index contributed by atoms with van der Waals surface area (Å²) in [6, 6.07) is 0. The number of unbranched alkanes of at least 4 members (excludes halogenated alkanes) is 1. The van der Waals surface area contributed by atoms with Gasteiger partial charge in [-0.05, 0) is 19.3 Å². The minimum absolute atomic E-state index is 0.0533. The van der Waals surface area contributed by atoms with Gasteiger partial charge in [0.05, 0.1) is 6.54 Å². The molecule has 0 rings (SSSR count). The molecule has 104 valence electrons. The van der Waals surface area contributed by atoms with E-state index in [0.29, 0.717) is 19.4 Å². The second-order valence-electron chi connectivity index (χ2n) is 4.20. The molecule has 0 aromatic carbocycles. The maximum Gasteiger partial charge on any atom is 0.303 e. The Kier molecular flexibility index (Phi) is 8.61. The lowest BCUT2D eigenvalue weighted by Crippen LogP contribution is -2.38. The number of carboxylic acid groups (broad SMARTS) is 1. The molecule has 0 unspecified atom stereocenters. The van der Waals surface area contributed by atoms with Crippen molar-refractivity contribution in [1.29, 1.82) is 0 Å². The molecule has 0 bridgehead atoms. The van der Waals surface area contributed by atoms with Crippen LogP contribution in [-0.4, -0.2) is 47.9 Å². The lowest BCUT2D eigenvalue weighted by Gasteiger charge is -2.16. The predicted molar refractivity (Wildman–Crippen MR) is 67.0 cm³/mol. The SMILES string of the molecule is CCCNC(=O)CN(C)C(=O)CCCCC(=O)O. The van der Waals surface area contributed by atoms with Crippen LogP contribution in [0.3, 0.4) is 0 Å². The smallest absolute Gasteiger partial charge is 0.303 e. The van der Waals surface area contributed by atoms with E-state index in [1.165, 1.54) is 4.90 Å². The summed E-state index contributed by atoms with van der Waals surface area (Å²) < 4.78 is 0. The van der Waals surface area contributed by atoms with Gasteiger partial charge in [-0.25, -0.2) is 0 Å². The summed E-state index contributed by atoms with van der Waals surface area (Å²) in [5.41, 5.74) is 0. The molecule has 0 aliphatic heterocycles. The normalized spacial score (nSPS) is 9.89. The molecule has 0 radical (unpaired) electrons. The number of nitrogens with one attached hydrogen (secondary N) is 1. The highest BCUT2D eigenvalue weighted by Gasteiger charge is 2.12. The summed E-state index contributed by atoms with van der Waals surface area (Å²) in [7, 11) is 1.57. The second-order valence-corrected chi connectivity index (χ2v) is 4.20. The number of aliphatic carboxylic acids is 1. The summed E-state index contributed by atoms with van der Waals surface area (Å²) >= 11 is 0. The number of carbonyl (C=O) groups is 3. The summed E-state index contributed by atoms with van der Waals surface area (Å²) in [5, 5.41) is 11.1. The Labute approximate surface area is 107 Å². The van der Waals surface area contributed by atoms with Crippen LogP contribution in [-0.2, 0) is 14.4 Å². The average Bonchev–Trinajstić information content (AvgIpc) is 2.31. The van der Waals surface area contributed by atoms with E-state index in [0.717, 1.165) is 6.42 Å². The van der Waals surface area contributed by atoms with Gasteiger partial charge in [-0.1, -0.05) is 6.92 Å². The topological polar surface area (TPSA) is 86.7 Å². The molecule has 0 fully saturated rings. The standard InChI is InChI=1S/C12H22N2O4/c1-3-8-13-10(15)9-14(2)11(16)6-4-5-7-12(17)18/h3-9H2,1-2H3,(H,13,15)(H,17,18). The van der Waals surface area contributed by atoms with Gasteiger partial charge in [0.1, 0.15) is 0 Å². The van der Waals surface area contributed by atoms with Crippen LogP contribution >= 0.6 is 0 Å². The number of nitrogens with zero attached hydrogens (tertiary/aromatic N) is 1. The van der Waals surface area contributed by atoms with E-state index in [1.807, 2.05) is 6.92 Å². The molecule has 0 saturated carbocycles. The zero-order valence-electron chi connectivity index (χ0n) is 11.1. The van der Waals surface area contributed by atoms with Crippen LogP contribution in [0, 0.1) is 0 Å². The molecule has 0 aromatic rings. The third-order valence-electron chi connectivity index (χ3n) is 2.41. The summed E-state index contributed by atoms with van der Waals surface area (Å²) in [4.78, 5) is 34.6. The zero-order valence-corrected chi connectivity index (χ0v) is 11.1. The minimum atomic E-state index is -0.852. The third kappa shape index (κ3) is 8.55. The molecule has 2 amide bonds. The zero-order chi connectivity index (χ0) is 14.0. The lowest BCUT2D eigenvalue weighted by atomic mass is 10.2. The van der Waals surface area contributed by atoms with Crippen LogP contribution in [0.5, 0.6) is 0 Å². The first-order chi connectivity index (χ1) is 8.47. The van der Waals surface area contributed by atoms with Crippen LogP contribution in [0.15, 0.2) is 0 Å². The van der Waals surface area contributed by atoms with Gasteiger partial charge in [-0.2, -0.15) is 0 Å². The maximum absolute atomic E-state index is 11.6. The van der Waals surface area contributed by atoms with Gasteiger partial charge >= 0.3 is 5.97 Å². The highest BCUT2D eigenvalue weighted by Crippen LogP contribution is 2.02. The van der Waals surface area contributed by atoms with E-state index in [2.05, 4.69) is 5.32 Å². The van der Waals surface area contributed by atoms with Crippen LogP contribution in [0.1, 0.15) is 39.0 Å². The first kappa shape index (κ1) is 16.4. The highest BCUT2D eigenvalue weighted by atomic mass is 16.4. The van der Waals surface area contributed by atoms with Gasteiger partial charge in [0.15, 0.2) is 0 Å². The molecule has 0 aliphatic carbocycles. The van der Waals surface area contributed by atoms with Gasteiger partial charge in [-0.15, -0.1) is 0 Å². The van der Waals surface area contributed by atoms with Crippen molar-refractivity contribution in [3.8, 4) is 0 Å². The molecular weight excluding hydrogens is 236 g/mol. The van der Waals surface area contributed by atoms with E-state index in [-0.39, 0.29) is 31.2 Å². The van der Waals surface area contributed by atoms with Gasteiger partial charge in [0.2, 0.25) is 11.8 Å². The van der Waals surface area contributed by atoms with E-state index >= 15 is 0 Å². The molecular formula is C12H22N2O4. The summed E-state index contributed by atoms with van der Waals surface area (Å²) in [5.74, 6) is -1.15. The fourth-order valence-electron chi connectivity index (χ4n) is 1.37. The number of likely N-dealkylation sites (N-methyl/N-ethyl adjacent to an activating group) is 1. The van der Waals surface area contributed by atoms with Gasteiger partial charge in [0, 0.05) is 26.4 Å².